The molecule has 0 amide bonds. The molecule has 5 heteroatoms. The Morgan fingerprint density at radius 3 is 2.88 bits per heavy atom. The largest absolute Gasteiger partial charge is 0.441 e. The molecule has 5 nitrogen and oxygen atoms in total. The van der Waals surface area contributed by atoms with E-state index in [0.29, 0.717) is 23.6 Å². The van der Waals surface area contributed by atoms with Crippen LogP contribution in [0.25, 0.3) is 11.1 Å². The predicted octanol–water partition coefficient (Wildman–Crippen LogP) is 0.750. The molecule has 0 saturated heterocycles. The van der Waals surface area contributed by atoms with Gasteiger partial charge >= 0.3 is 0 Å². The lowest BCUT2D eigenvalue weighted by atomic mass is 10.0. The van der Waals surface area contributed by atoms with E-state index in [2.05, 4.69) is 10.3 Å². The Bertz CT molecular complexity index is 509. The fraction of sp³-hybridized carbons (Fsp3) is 0.417. The Morgan fingerprint density at radius 2 is 2.18 bits per heavy atom. The van der Waals surface area contributed by atoms with Crippen molar-refractivity contribution in [2.24, 2.45) is 0 Å². The molecule has 1 aromatic carbocycles. The van der Waals surface area contributed by atoms with Crippen LogP contribution in [0.5, 0.6) is 0 Å². The Hall–Kier alpha value is -1.43. The third-order valence-electron chi connectivity index (χ3n) is 2.64. The van der Waals surface area contributed by atoms with Crippen LogP contribution in [-0.2, 0) is 0 Å². The zero-order valence-electron chi connectivity index (χ0n) is 9.84. The van der Waals surface area contributed by atoms with Crippen molar-refractivity contribution in [3.8, 4) is 0 Å². The van der Waals surface area contributed by atoms with E-state index in [4.69, 9.17) is 4.42 Å². The molecule has 0 aliphatic carbocycles. The highest BCUT2D eigenvalue weighted by Gasteiger charge is 2.18. The molecule has 2 aromatic rings. The summed E-state index contributed by atoms with van der Waals surface area (Å²) < 4.78 is 5.38. The second-order valence-corrected chi connectivity index (χ2v) is 4.03. The van der Waals surface area contributed by atoms with E-state index in [-0.39, 0.29) is 0 Å². The molecule has 2 rings (SSSR count). The van der Waals surface area contributed by atoms with Gasteiger partial charge < -0.3 is 19.9 Å². The highest BCUT2D eigenvalue weighted by atomic mass is 16.3. The zero-order chi connectivity index (χ0) is 12.4. The van der Waals surface area contributed by atoms with E-state index in [1.54, 1.807) is 32.2 Å². The topological polar surface area (TPSA) is 78.5 Å². The van der Waals surface area contributed by atoms with E-state index >= 15 is 0 Å². The van der Waals surface area contributed by atoms with Gasteiger partial charge in [-0.1, -0.05) is 6.07 Å². The lowest BCUT2D eigenvalue weighted by Crippen LogP contribution is -2.29. The Kier molecular flexibility index (Phi) is 3.42. The molecule has 0 saturated carbocycles. The van der Waals surface area contributed by atoms with Gasteiger partial charge in [-0.05, 0) is 24.7 Å². The molecule has 0 fully saturated rings. The predicted molar refractivity (Wildman–Crippen MR) is 63.6 cm³/mol. The van der Waals surface area contributed by atoms with E-state index < -0.39 is 12.2 Å². The SMILES string of the molecule is CNCC(O)C(O)c1ccc2nc(C)oc2c1. The first-order valence-corrected chi connectivity index (χ1v) is 5.49. The van der Waals surface area contributed by atoms with Crippen LogP contribution in [-0.4, -0.2) is 34.9 Å². The number of hydrogen-bond donors (Lipinski definition) is 3. The molecule has 1 aromatic heterocycles. The van der Waals surface area contributed by atoms with Gasteiger partial charge in [-0.25, -0.2) is 4.98 Å². The number of aliphatic hydroxyl groups is 2. The van der Waals surface area contributed by atoms with Crippen molar-refractivity contribution in [2.75, 3.05) is 13.6 Å². The Labute approximate surface area is 99.1 Å². The molecular weight excluding hydrogens is 220 g/mol. The standard InChI is InChI=1S/C12H16N2O3/c1-7-14-9-4-3-8(5-11(9)17-7)12(16)10(15)6-13-2/h3-5,10,12-13,15-16H,6H2,1-2H3. The second-order valence-electron chi connectivity index (χ2n) is 4.03. The number of rotatable bonds is 4. The van der Waals surface area contributed by atoms with Crippen molar-refractivity contribution >= 4 is 11.1 Å². The third-order valence-corrected chi connectivity index (χ3v) is 2.64. The van der Waals surface area contributed by atoms with Crippen molar-refractivity contribution in [2.45, 2.75) is 19.1 Å². The minimum absolute atomic E-state index is 0.328. The van der Waals surface area contributed by atoms with E-state index in [9.17, 15) is 10.2 Å². The summed E-state index contributed by atoms with van der Waals surface area (Å²) in [5, 5.41) is 22.4. The van der Waals surface area contributed by atoms with Crippen molar-refractivity contribution in [3.05, 3.63) is 29.7 Å². The number of oxazole rings is 1. The van der Waals surface area contributed by atoms with Crippen LogP contribution in [0.1, 0.15) is 17.6 Å². The first kappa shape index (κ1) is 12.0. The van der Waals surface area contributed by atoms with Gasteiger partial charge in [0.1, 0.15) is 11.6 Å². The molecule has 1 heterocycles. The highest BCUT2D eigenvalue weighted by Crippen LogP contribution is 2.22. The van der Waals surface area contributed by atoms with Crippen molar-refractivity contribution in [3.63, 3.8) is 0 Å². The summed E-state index contributed by atoms with van der Waals surface area (Å²) in [6, 6.07) is 5.23. The maximum Gasteiger partial charge on any atom is 0.192 e. The summed E-state index contributed by atoms with van der Waals surface area (Å²) >= 11 is 0. The normalized spacial score (nSPS) is 15.1. The molecule has 3 N–H and O–H groups in total. The van der Waals surface area contributed by atoms with Crippen LogP contribution >= 0.6 is 0 Å². The summed E-state index contributed by atoms with van der Waals surface area (Å²) in [4.78, 5) is 4.17. The van der Waals surface area contributed by atoms with Gasteiger partial charge in [0.25, 0.3) is 0 Å². The van der Waals surface area contributed by atoms with Gasteiger partial charge in [0.05, 0.1) is 6.10 Å². The molecule has 2 atom stereocenters. The molecule has 0 radical (unpaired) electrons. The first-order valence-electron chi connectivity index (χ1n) is 5.49. The molecule has 17 heavy (non-hydrogen) atoms. The average molecular weight is 236 g/mol. The van der Waals surface area contributed by atoms with E-state index in [1.807, 2.05) is 0 Å². The minimum Gasteiger partial charge on any atom is -0.441 e. The maximum atomic E-state index is 9.93. The van der Waals surface area contributed by atoms with Crippen molar-refractivity contribution in [1.82, 2.24) is 10.3 Å². The summed E-state index contributed by atoms with van der Waals surface area (Å²) in [5.41, 5.74) is 1.99. The van der Waals surface area contributed by atoms with Gasteiger partial charge in [0.2, 0.25) is 0 Å². The summed E-state index contributed by atoms with van der Waals surface area (Å²) in [5.74, 6) is 0.586. The van der Waals surface area contributed by atoms with Gasteiger partial charge in [-0.15, -0.1) is 0 Å². The van der Waals surface area contributed by atoms with Gasteiger partial charge in [-0.2, -0.15) is 0 Å². The number of nitrogens with zero attached hydrogens (tertiary/aromatic N) is 1. The molecule has 0 spiro atoms. The number of aryl methyl sites for hydroxylation is 1. The summed E-state index contributed by atoms with van der Waals surface area (Å²) in [6.07, 6.45) is -1.78. The summed E-state index contributed by atoms with van der Waals surface area (Å²) in [7, 11) is 1.72. The molecule has 2 unspecified atom stereocenters. The second kappa shape index (κ2) is 4.83. The van der Waals surface area contributed by atoms with E-state index in [0.717, 1.165) is 5.52 Å². The van der Waals surface area contributed by atoms with Gasteiger partial charge in [0, 0.05) is 13.5 Å². The monoisotopic (exact) mass is 236 g/mol. The molecular formula is C12H16N2O3. The number of hydrogen-bond acceptors (Lipinski definition) is 5. The van der Waals surface area contributed by atoms with Crippen LogP contribution in [0.2, 0.25) is 0 Å². The average Bonchev–Trinajstić information content (AvgIpc) is 2.67. The van der Waals surface area contributed by atoms with Crippen LogP contribution in [0.15, 0.2) is 22.6 Å². The molecule has 0 bridgehead atoms. The number of aromatic nitrogens is 1. The first-order chi connectivity index (χ1) is 8.11. The van der Waals surface area contributed by atoms with E-state index in [1.165, 1.54) is 0 Å². The summed E-state index contributed by atoms with van der Waals surface area (Å²) in [6.45, 7) is 2.10. The third kappa shape index (κ3) is 2.46. The zero-order valence-corrected chi connectivity index (χ0v) is 9.84. The number of nitrogens with one attached hydrogen (secondary N) is 1. The highest BCUT2D eigenvalue weighted by molar-refractivity contribution is 5.73. The molecule has 0 aliphatic rings. The van der Waals surface area contributed by atoms with Crippen LogP contribution < -0.4 is 5.32 Å². The lowest BCUT2D eigenvalue weighted by molar-refractivity contribution is 0.0203. The number of fused-ring (bicyclic) bond motifs is 1. The lowest BCUT2D eigenvalue weighted by Gasteiger charge is -2.17. The van der Waals surface area contributed by atoms with Crippen LogP contribution in [0, 0.1) is 6.92 Å². The smallest absolute Gasteiger partial charge is 0.192 e. The van der Waals surface area contributed by atoms with Crippen LogP contribution in [0.3, 0.4) is 0 Å². The number of benzene rings is 1. The number of aliphatic hydroxyl groups excluding tert-OH is 2. The molecule has 92 valence electrons. The quantitative estimate of drug-likeness (QED) is 0.730. The fourth-order valence-electron chi connectivity index (χ4n) is 1.78. The molecule has 0 aliphatic heterocycles. The number of likely N-dealkylation sites (N-methyl/N-ethyl adjacent to an activating group) is 1. The Morgan fingerprint density at radius 1 is 1.41 bits per heavy atom. The Balaban J connectivity index is 2.28. The van der Waals surface area contributed by atoms with Gasteiger partial charge in [0.15, 0.2) is 11.5 Å². The minimum atomic E-state index is -0.933. The fourth-order valence-corrected chi connectivity index (χ4v) is 1.78. The van der Waals surface area contributed by atoms with Gasteiger partial charge in [-0.3, -0.25) is 0 Å². The van der Waals surface area contributed by atoms with Crippen LogP contribution in [0.4, 0.5) is 0 Å². The maximum absolute atomic E-state index is 9.93. The van der Waals surface area contributed by atoms with Crippen molar-refractivity contribution < 1.29 is 14.6 Å². The van der Waals surface area contributed by atoms with Crippen molar-refractivity contribution in [1.29, 1.82) is 0 Å².